The van der Waals surface area contributed by atoms with Gasteiger partial charge in [0.1, 0.15) is 12.4 Å². The number of ether oxygens (including phenoxy) is 4. The van der Waals surface area contributed by atoms with Gasteiger partial charge in [-0.25, -0.2) is 9.59 Å². The molecule has 0 spiro atoms. The zero-order valence-corrected chi connectivity index (χ0v) is 33.8. The Kier molecular flexibility index (Phi) is 15.0. The number of amides is 4. The summed E-state index contributed by atoms with van der Waals surface area (Å²) in [5.74, 6) is -0.258. The predicted molar refractivity (Wildman–Crippen MR) is 213 cm³/mol. The number of para-hydroxylation sites is 1. The summed E-state index contributed by atoms with van der Waals surface area (Å²) in [6.45, 7) is 10.9. The fraction of sp³-hybridized carbons (Fsp3) is 0.619. The molecular weight excluding hydrogens is 732 g/mol. The largest absolute Gasteiger partial charge is 0.507 e. The molecule has 3 fully saturated rings. The third-order valence-corrected chi connectivity index (χ3v) is 11.8. The number of urea groups is 1. The van der Waals surface area contributed by atoms with Crippen LogP contribution in [0.2, 0.25) is 0 Å². The van der Waals surface area contributed by atoms with E-state index in [9.17, 15) is 24.3 Å². The van der Waals surface area contributed by atoms with E-state index in [0.29, 0.717) is 95.6 Å². The minimum absolute atomic E-state index is 0.00855. The van der Waals surface area contributed by atoms with Gasteiger partial charge in [0.15, 0.2) is 6.10 Å². The topological polar surface area (TPSA) is 154 Å². The zero-order chi connectivity index (χ0) is 40.3. The number of nitrogens with zero attached hydrogens (tertiary/aromatic N) is 5. The second-order valence-electron chi connectivity index (χ2n) is 15.6. The fourth-order valence-electron chi connectivity index (χ4n) is 8.49. The number of rotatable bonds is 14. The molecule has 6 rings (SSSR count). The third kappa shape index (κ3) is 11.4. The summed E-state index contributed by atoms with van der Waals surface area (Å²) in [5, 5.41) is 13.4. The standard InChI is InChI=1S/C42H60N6O9/c1-30-26-32(27-31(2)39(30)50)28-37(57-42(53)47-15-11-35(12-16-47)48-17-8-33-6-4-5-7-36(33)43-41(48)52)40(51)46-20-18-45(19-21-46)34-9-13-44(14-10-34)29-38(49)56-25-24-55-23-22-54-3/h4-7,26-27,34-35,37,50H,8-25,28-29H2,1-3H3,(H,43,52). The summed E-state index contributed by atoms with van der Waals surface area (Å²) < 4.78 is 21.7. The highest BCUT2D eigenvalue weighted by atomic mass is 16.6. The van der Waals surface area contributed by atoms with Crippen molar-refractivity contribution in [3.8, 4) is 5.75 Å². The maximum atomic E-state index is 14.2. The number of phenolic OH excluding ortho intramolecular Hbond substituents is 1. The van der Waals surface area contributed by atoms with Crippen molar-refractivity contribution in [1.82, 2.24) is 24.5 Å². The van der Waals surface area contributed by atoms with Gasteiger partial charge in [0.05, 0.1) is 26.4 Å². The van der Waals surface area contributed by atoms with Crippen LogP contribution in [-0.2, 0) is 41.4 Å². The van der Waals surface area contributed by atoms with Gasteiger partial charge < -0.3 is 44.1 Å². The number of hydrogen-bond acceptors (Lipinski definition) is 11. The van der Waals surface area contributed by atoms with Crippen molar-refractivity contribution in [3.63, 3.8) is 0 Å². The van der Waals surface area contributed by atoms with Gasteiger partial charge in [-0.1, -0.05) is 30.3 Å². The second-order valence-corrected chi connectivity index (χ2v) is 15.6. The molecule has 15 heteroatoms. The van der Waals surface area contributed by atoms with E-state index >= 15 is 0 Å². The molecule has 2 aromatic carbocycles. The van der Waals surface area contributed by atoms with Crippen LogP contribution in [0.4, 0.5) is 15.3 Å². The van der Waals surface area contributed by atoms with Gasteiger partial charge in [-0.2, -0.15) is 0 Å². The van der Waals surface area contributed by atoms with E-state index in [1.54, 1.807) is 16.9 Å². The number of carbonyl (C=O) groups excluding carboxylic acids is 4. The highest BCUT2D eigenvalue weighted by Gasteiger charge is 2.36. The Labute approximate surface area is 336 Å². The Hall–Kier alpha value is -4.44. The van der Waals surface area contributed by atoms with Crippen LogP contribution >= 0.6 is 0 Å². The van der Waals surface area contributed by atoms with E-state index in [-0.39, 0.29) is 49.3 Å². The van der Waals surface area contributed by atoms with Crippen molar-refractivity contribution in [2.75, 3.05) is 104 Å². The molecule has 0 saturated carbocycles. The first kappa shape index (κ1) is 42.2. The maximum absolute atomic E-state index is 14.2. The van der Waals surface area contributed by atoms with Gasteiger partial charge in [0.25, 0.3) is 5.91 Å². The number of phenols is 1. The van der Waals surface area contributed by atoms with E-state index in [1.165, 1.54) is 0 Å². The highest BCUT2D eigenvalue weighted by Crippen LogP contribution is 2.27. The lowest BCUT2D eigenvalue weighted by atomic mass is 10.00. The van der Waals surface area contributed by atoms with Crippen molar-refractivity contribution in [1.29, 1.82) is 0 Å². The number of benzene rings is 2. The Bertz CT molecular complexity index is 1660. The van der Waals surface area contributed by atoms with Gasteiger partial charge in [-0.15, -0.1) is 0 Å². The molecule has 2 aromatic rings. The minimum atomic E-state index is -1.03. The number of fused-ring (bicyclic) bond motifs is 1. The summed E-state index contributed by atoms with van der Waals surface area (Å²) >= 11 is 0. The first-order valence-electron chi connectivity index (χ1n) is 20.5. The van der Waals surface area contributed by atoms with Crippen LogP contribution in [-0.4, -0.2) is 171 Å². The molecule has 0 aliphatic carbocycles. The van der Waals surface area contributed by atoms with Crippen LogP contribution in [0.3, 0.4) is 0 Å². The normalized spacial score (nSPS) is 19.4. The first-order valence-corrected chi connectivity index (χ1v) is 20.5. The Morgan fingerprint density at radius 1 is 0.825 bits per heavy atom. The average Bonchev–Trinajstić information content (AvgIpc) is 3.39. The van der Waals surface area contributed by atoms with Crippen molar-refractivity contribution < 1.29 is 43.2 Å². The molecule has 0 radical (unpaired) electrons. The van der Waals surface area contributed by atoms with E-state index in [2.05, 4.69) is 15.1 Å². The molecular formula is C42H60N6O9. The minimum Gasteiger partial charge on any atom is -0.507 e. The van der Waals surface area contributed by atoms with E-state index in [1.807, 2.05) is 55.1 Å². The van der Waals surface area contributed by atoms with Gasteiger partial charge in [-0.3, -0.25) is 19.4 Å². The number of nitrogens with one attached hydrogen (secondary N) is 1. The van der Waals surface area contributed by atoms with Crippen molar-refractivity contribution in [3.05, 3.63) is 58.7 Å². The lowest BCUT2D eigenvalue weighted by Crippen LogP contribution is -2.57. The van der Waals surface area contributed by atoms with Gasteiger partial charge in [0.2, 0.25) is 0 Å². The number of carbonyl (C=O) groups is 4. The molecule has 1 unspecified atom stereocenters. The van der Waals surface area contributed by atoms with Crippen molar-refractivity contribution in [2.24, 2.45) is 0 Å². The summed E-state index contributed by atoms with van der Waals surface area (Å²) in [6, 6.07) is 11.8. The van der Waals surface area contributed by atoms with E-state index in [0.717, 1.165) is 49.2 Å². The molecule has 4 heterocycles. The van der Waals surface area contributed by atoms with Crippen LogP contribution < -0.4 is 5.32 Å². The summed E-state index contributed by atoms with van der Waals surface area (Å²) in [7, 11) is 1.61. The Balaban J connectivity index is 0.992. The quantitative estimate of drug-likeness (QED) is 0.214. The molecule has 0 aromatic heterocycles. The van der Waals surface area contributed by atoms with Crippen LogP contribution in [0.25, 0.3) is 0 Å². The van der Waals surface area contributed by atoms with Crippen LogP contribution in [0.15, 0.2) is 36.4 Å². The van der Waals surface area contributed by atoms with Gasteiger partial charge in [-0.05, 0) is 74.3 Å². The monoisotopic (exact) mass is 792 g/mol. The van der Waals surface area contributed by atoms with Gasteiger partial charge >= 0.3 is 18.1 Å². The van der Waals surface area contributed by atoms with Crippen LogP contribution in [0.1, 0.15) is 47.9 Å². The fourth-order valence-corrected chi connectivity index (χ4v) is 8.49. The zero-order valence-electron chi connectivity index (χ0n) is 33.8. The Morgan fingerprint density at radius 3 is 2.19 bits per heavy atom. The lowest BCUT2D eigenvalue weighted by Gasteiger charge is -2.43. The lowest BCUT2D eigenvalue weighted by molar-refractivity contribution is -0.147. The third-order valence-electron chi connectivity index (χ3n) is 11.8. The molecule has 15 nitrogen and oxygen atoms in total. The summed E-state index contributed by atoms with van der Waals surface area (Å²) in [6.07, 6.45) is 2.47. The number of esters is 1. The highest BCUT2D eigenvalue weighted by molar-refractivity contribution is 5.91. The van der Waals surface area contributed by atoms with Crippen molar-refractivity contribution >= 4 is 29.7 Å². The number of hydrogen-bond donors (Lipinski definition) is 2. The molecule has 4 amide bonds. The number of aryl methyl sites for hydroxylation is 2. The molecule has 2 N–H and O–H groups in total. The average molecular weight is 793 g/mol. The van der Waals surface area contributed by atoms with E-state index < -0.39 is 12.2 Å². The number of likely N-dealkylation sites (tertiary alicyclic amines) is 2. The molecule has 0 bridgehead atoms. The number of aromatic hydroxyl groups is 1. The predicted octanol–water partition coefficient (Wildman–Crippen LogP) is 3.43. The van der Waals surface area contributed by atoms with Crippen molar-refractivity contribution in [2.45, 2.75) is 70.6 Å². The Morgan fingerprint density at radius 2 is 1.49 bits per heavy atom. The SMILES string of the molecule is COCCOCCOC(=O)CN1CCC(N2CCN(C(=O)C(Cc3cc(C)c(O)c(C)c3)OC(=O)N3CCC(N4CCc5ccccc5NC4=O)CC3)CC2)CC1. The molecule has 3 saturated heterocycles. The van der Waals surface area contributed by atoms with Gasteiger partial charge in [0, 0.05) is 90.2 Å². The smallest absolute Gasteiger partial charge is 0.410 e. The number of methoxy groups -OCH3 is 1. The molecule has 57 heavy (non-hydrogen) atoms. The number of piperazine rings is 1. The molecule has 4 aliphatic heterocycles. The number of piperidine rings is 2. The number of anilines is 1. The molecule has 4 aliphatic rings. The first-order chi connectivity index (χ1) is 27.6. The van der Waals surface area contributed by atoms with Crippen LogP contribution in [0.5, 0.6) is 5.75 Å². The van der Waals surface area contributed by atoms with Crippen LogP contribution in [0, 0.1) is 13.8 Å². The molecule has 1 atom stereocenters. The molecule has 312 valence electrons. The maximum Gasteiger partial charge on any atom is 0.410 e. The summed E-state index contributed by atoms with van der Waals surface area (Å²) in [5.41, 5.74) is 4.16. The second kappa shape index (κ2) is 20.3. The summed E-state index contributed by atoms with van der Waals surface area (Å²) in [4.78, 5) is 63.3. The van der Waals surface area contributed by atoms with E-state index in [4.69, 9.17) is 18.9 Å².